The number of carbonyl (C=O) groups excluding carboxylic acids is 1. The van der Waals surface area contributed by atoms with Gasteiger partial charge in [0.2, 0.25) is 11.8 Å². The Kier molecular flexibility index (Phi) is 5.94. The molecule has 3 heterocycles. The number of ether oxygens (including phenoxy) is 2. The fraction of sp³-hybridized carbons (Fsp3) is 0.455. The fourth-order valence-corrected chi connectivity index (χ4v) is 4.14. The number of hydrogen-bond acceptors (Lipinski definition) is 7. The predicted octanol–water partition coefficient (Wildman–Crippen LogP) is 4.19. The van der Waals surface area contributed by atoms with E-state index in [0.717, 1.165) is 0 Å². The molecule has 180 valence electrons. The number of nitrogens with one attached hydrogen (secondary N) is 1. The van der Waals surface area contributed by atoms with E-state index in [9.17, 15) is 22.4 Å². The third-order valence-electron chi connectivity index (χ3n) is 5.97. The first-order valence-electron chi connectivity index (χ1n) is 10.8. The molecule has 1 aliphatic carbocycles. The van der Waals surface area contributed by atoms with Gasteiger partial charge in [0.1, 0.15) is 17.6 Å². The summed E-state index contributed by atoms with van der Waals surface area (Å²) in [6, 6.07) is 7.08. The van der Waals surface area contributed by atoms with E-state index in [2.05, 4.69) is 25.2 Å². The van der Waals surface area contributed by atoms with Gasteiger partial charge in [-0.15, -0.1) is 23.4 Å². The molecule has 5 rings (SSSR count). The highest BCUT2D eigenvalue weighted by Gasteiger charge is 2.42. The van der Waals surface area contributed by atoms with Gasteiger partial charge in [-0.1, -0.05) is 6.07 Å². The van der Waals surface area contributed by atoms with E-state index in [-0.39, 0.29) is 60.6 Å². The van der Waals surface area contributed by atoms with Crippen molar-refractivity contribution in [2.24, 2.45) is 0 Å². The zero-order chi connectivity index (χ0) is 23.9. The normalized spacial score (nSPS) is 25.2. The van der Waals surface area contributed by atoms with Crippen molar-refractivity contribution >= 4 is 16.8 Å². The molecule has 2 atom stereocenters. The first-order chi connectivity index (χ1) is 16.2. The van der Waals surface area contributed by atoms with Crippen LogP contribution in [0.3, 0.4) is 0 Å². The van der Waals surface area contributed by atoms with Crippen molar-refractivity contribution in [1.82, 2.24) is 20.5 Å². The van der Waals surface area contributed by atoms with Crippen LogP contribution in [0, 0.1) is 5.82 Å². The molecular formula is C22H20F4N4O4. The highest BCUT2D eigenvalue weighted by atomic mass is 19.4. The molecule has 0 unspecified atom stereocenters. The van der Waals surface area contributed by atoms with Crippen LogP contribution in [-0.4, -0.2) is 46.2 Å². The zero-order valence-electron chi connectivity index (χ0n) is 17.7. The van der Waals surface area contributed by atoms with Crippen LogP contribution in [0.4, 0.5) is 17.6 Å². The summed E-state index contributed by atoms with van der Waals surface area (Å²) in [4.78, 5) is 16.9. The molecule has 1 aromatic carbocycles. The van der Waals surface area contributed by atoms with Crippen LogP contribution in [0.2, 0.25) is 0 Å². The monoisotopic (exact) mass is 480 g/mol. The van der Waals surface area contributed by atoms with Crippen LogP contribution >= 0.6 is 0 Å². The summed E-state index contributed by atoms with van der Waals surface area (Å²) in [5.74, 6) is -0.461. The average Bonchev–Trinajstić information content (AvgIpc) is 3.25. The number of fused-ring (bicyclic) bond motifs is 1. The lowest BCUT2D eigenvalue weighted by molar-refractivity contribution is -0.352. The summed E-state index contributed by atoms with van der Waals surface area (Å²) in [5.41, 5.74) is 0.736. The molecule has 0 spiro atoms. The van der Waals surface area contributed by atoms with Gasteiger partial charge >= 0.3 is 6.36 Å². The molecule has 1 amide bonds. The van der Waals surface area contributed by atoms with E-state index in [1.54, 1.807) is 6.07 Å². The lowest BCUT2D eigenvalue weighted by Gasteiger charge is -2.33. The summed E-state index contributed by atoms with van der Waals surface area (Å²) in [6.45, 7) is 0.220. The molecule has 3 aromatic rings. The van der Waals surface area contributed by atoms with Crippen molar-refractivity contribution in [1.29, 1.82) is 0 Å². The largest absolute Gasteiger partial charge is 0.522 e. The van der Waals surface area contributed by atoms with Crippen molar-refractivity contribution in [3.63, 3.8) is 0 Å². The van der Waals surface area contributed by atoms with Gasteiger partial charge in [-0.25, -0.2) is 9.37 Å². The van der Waals surface area contributed by atoms with Crippen LogP contribution < -0.4 is 5.32 Å². The van der Waals surface area contributed by atoms with Crippen molar-refractivity contribution in [2.75, 3.05) is 6.61 Å². The minimum atomic E-state index is -4.65. The number of halogens is 4. The van der Waals surface area contributed by atoms with E-state index in [1.165, 1.54) is 24.3 Å². The van der Waals surface area contributed by atoms with Gasteiger partial charge in [-0.05, 0) is 49.9 Å². The second-order valence-electron chi connectivity index (χ2n) is 8.44. The highest BCUT2D eigenvalue weighted by Crippen LogP contribution is 2.41. The molecule has 12 heteroatoms. The van der Waals surface area contributed by atoms with Crippen LogP contribution in [0.25, 0.3) is 10.9 Å². The average molecular weight is 480 g/mol. The van der Waals surface area contributed by atoms with Gasteiger partial charge in [0.15, 0.2) is 0 Å². The van der Waals surface area contributed by atoms with Gasteiger partial charge < -0.3 is 14.5 Å². The van der Waals surface area contributed by atoms with Crippen LogP contribution in [0.15, 0.2) is 34.7 Å². The zero-order valence-corrected chi connectivity index (χ0v) is 17.7. The minimum Gasteiger partial charge on any atom is -0.422 e. The summed E-state index contributed by atoms with van der Waals surface area (Å²) in [5, 5.41) is 11.4. The topological polar surface area (TPSA) is 99.4 Å². The van der Waals surface area contributed by atoms with E-state index in [4.69, 9.17) is 9.15 Å². The SMILES string of the molecule is O=C(N[C@H]1CC[C@H](c2nnc([C@H]3C[C@@H](OC(F)(F)F)C3)o2)OC1)c1ccc2cc(F)ccc2n1. The van der Waals surface area contributed by atoms with Crippen molar-refractivity contribution < 1.29 is 36.2 Å². The summed E-state index contributed by atoms with van der Waals surface area (Å²) in [6.07, 6.45) is -4.56. The summed E-state index contributed by atoms with van der Waals surface area (Å²) < 4.78 is 65.5. The standard InChI is InChI=1S/C22H20F4N4O4/c23-13-2-5-16-11(7-13)1-4-17(28-16)19(31)27-14-3-6-18(32-10-14)21-30-29-20(33-21)12-8-15(9-12)34-22(24,25)26/h1-2,4-5,7,12,14-15,18H,3,6,8-10H2,(H,27,31)/t12-,14-,15+,18+/m0/s1. The van der Waals surface area contributed by atoms with Crippen LogP contribution in [0.5, 0.6) is 0 Å². The molecule has 2 fully saturated rings. The molecule has 1 saturated heterocycles. The first-order valence-corrected chi connectivity index (χ1v) is 10.8. The summed E-state index contributed by atoms with van der Waals surface area (Å²) in [7, 11) is 0. The van der Waals surface area contributed by atoms with Crippen molar-refractivity contribution in [2.45, 2.75) is 56.2 Å². The lowest BCUT2D eigenvalue weighted by Crippen LogP contribution is -2.41. The second kappa shape index (κ2) is 8.91. The number of carbonyl (C=O) groups is 1. The Morgan fingerprint density at radius 2 is 1.88 bits per heavy atom. The molecule has 34 heavy (non-hydrogen) atoms. The van der Waals surface area contributed by atoms with Crippen LogP contribution in [-0.2, 0) is 9.47 Å². The first kappa shape index (κ1) is 22.7. The number of rotatable bonds is 5. The van der Waals surface area contributed by atoms with E-state index in [1.807, 2.05) is 0 Å². The predicted molar refractivity (Wildman–Crippen MR) is 108 cm³/mol. The fourth-order valence-electron chi connectivity index (χ4n) is 4.14. The molecule has 1 saturated carbocycles. The third kappa shape index (κ3) is 5.02. The molecular weight excluding hydrogens is 460 g/mol. The van der Waals surface area contributed by atoms with E-state index in [0.29, 0.717) is 23.7 Å². The Morgan fingerprint density at radius 1 is 1.09 bits per heavy atom. The van der Waals surface area contributed by atoms with E-state index < -0.39 is 18.6 Å². The van der Waals surface area contributed by atoms with Gasteiger partial charge in [0.05, 0.1) is 24.3 Å². The maximum atomic E-state index is 13.3. The Labute approximate surface area is 190 Å². The highest BCUT2D eigenvalue weighted by molar-refractivity contribution is 5.95. The van der Waals surface area contributed by atoms with E-state index >= 15 is 0 Å². The quantitative estimate of drug-likeness (QED) is 0.547. The number of alkyl halides is 3. The maximum Gasteiger partial charge on any atom is 0.522 e. The van der Waals surface area contributed by atoms with Gasteiger partial charge in [0.25, 0.3) is 5.91 Å². The number of benzene rings is 1. The van der Waals surface area contributed by atoms with Gasteiger partial charge in [-0.3, -0.25) is 9.53 Å². The number of pyridine rings is 1. The smallest absolute Gasteiger partial charge is 0.422 e. The van der Waals surface area contributed by atoms with Gasteiger partial charge in [-0.2, -0.15) is 0 Å². The molecule has 8 nitrogen and oxygen atoms in total. The molecule has 1 aliphatic heterocycles. The maximum absolute atomic E-state index is 13.3. The molecule has 1 N–H and O–H groups in total. The Hall–Kier alpha value is -3.12. The number of nitrogens with zero attached hydrogens (tertiary/aromatic N) is 3. The number of aromatic nitrogens is 3. The van der Waals surface area contributed by atoms with Crippen molar-refractivity contribution in [3.05, 3.63) is 53.6 Å². The second-order valence-corrected chi connectivity index (χ2v) is 8.44. The van der Waals surface area contributed by atoms with Gasteiger partial charge in [0, 0.05) is 11.3 Å². The van der Waals surface area contributed by atoms with Crippen molar-refractivity contribution in [3.8, 4) is 0 Å². The molecule has 2 aliphatic rings. The minimum absolute atomic E-state index is 0.165. The molecule has 0 radical (unpaired) electrons. The third-order valence-corrected chi connectivity index (χ3v) is 5.97. The molecule has 0 bridgehead atoms. The Bertz CT molecular complexity index is 1190. The molecule has 2 aromatic heterocycles. The Morgan fingerprint density at radius 3 is 2.62 bits per heavy atom. The number of hydrogen-bond donors (Lipinski definition) is 1. The lowest BCUT2D eigenvalue weighted by atomic mass is 9.82. The summed E-state index contributed by atoms with van der Waals surface area (Å²) >= 11 is 0. The Balaban J connectivity index is 1.12. The number of amides is 1. The van der Waals surface area contributed by atoms with Crippen LogP contribution in [0.1, 0.15) is 60.0 Å².